The van der Waals surface area contributed by atoms with Gasteiger partial charge in [0.2, 0.25) is 0 Å². The van der Waals surface area contributed by atoms with Gasteiger partial charge >= 0.3 is 18.3 Å². The second-order valence-corrected chi connectivity index (χ2v) is 3.31. The van der Waals surface area contributed by atoms with Crippen molar-refractivity contribution in [1.82, 2.24) is 4.98 Å². The van der Waals surface area contributed by atoms with Crippen molar-refractivity contribution in [3.8, 4) is 0 Å². The average molecular weight is 295 g/mol. The normalized spacial score (nSPS) is 13.5. The van der Waals surface area contributed by atoms with Crippen LogP contribution in [-0.4, -0.2) is 11.2 Å². The lowest BCUT2D eigenvalue weighted by Crippen LogP contribution is -2.37. The first kappa shape index (κ1) is 15.4. The number of nitrogens with zero attached hydrogens (tertiary/aromatic N) is 1. The van der Waals surface area contributed by atoms with Crippen LogP contribution in [0.4, 0.5) is 40.9 Å². The Morgan fingerprint density at radius 2 is 1.47 bits per heavy atom. The molecule has 0 aliphatic heterocycles. The van der Waals surface area contributed by atoms with Crippen LogP contribution in [-0.2, 0) is 12.1 Å². The van der Waals surface area contributed by atoms with Crippen molar-refractivity contribution in [3.63, 3.8) is 0 Å². The number of nitrogens with one attached hydrogen (secondary N) is 1. The van der Waals surface area contributed by atoms with E-state index in [0.29, 0.717) is 6.07 Å². The van der Waals surface area contributed by atoms with Crippen molar-refractivity contribution in [1.29, 1.82) is 0 Å². The maximum atomic E-state index is 13.0. The van der Waals surface area contributed by atoms with Crippen LogP contribution in [0.2, 0.25) is 0 Å². The van der Waals surface area contributed by atoms with E-state index in [-0.39, 0.29) is 6.07 Å². The molecule has 1 rings (SSSR count). The Labute approximate surface area is 99.9 Å². The van der Waals surface area contributed by atoms with E-state index in [9.17, 15) is 35.1 Å². The summed E-state index contributed by atoms with van der Waals surface area (Å²) in [4.78, 5) is 2.57. The van der Waals surface area contributed by atoms with Crippen LogP contribution >= 0.6 is 0 Å². The summed E-state index contributed by atoms with van der Waals surface area (Å²) in [5.41, 5.74) is -3.05. The van der Waals surface area contributed by atoms with Gasteiger partial charge < -0.3 is 5.43 Å². The molecule has 0 fully saturated rings. The quantitative estimate of drug-likeness (QED) is 0.501. The summed E-state index contributed by atoms with van der Waals surface area (Å²) in [7, 11) is 0. The molecule has 108 valence electrons. The number of aromatic nitrogens is 1. The highest BCUT2D eigenvalue weighted by Gasteiger charge is 2.62. The van der Waals surface area contributed by atoms with Crippen LogP contribution in [0.15, 0.2) is 12.1 Å². The number of rotatable bonds is 2. The first-order valence-corrected chi connectivity index (χ1v) is 4.41. The highest BCUT2D eigenvalue weighted by Crippen LogP contribution is 2.47. The zero-order chi connectivity index (χ0) is 15.1. The Morgan fingerprint density at radius 1 is 0.947 bits per heavy atom. The molecule has 0 aromatic carbocycles. The first-order valence-electron chi connectivity index (χ1n) is 4.41. The van der Waals surface area contributed by atoms with Crippen molar-refractivity contribution in [2.45, 2.75) is 18.3 Å². The molecule has 0 radical (unpaired) electrons. The molecule has 0 amide bonds. The minimum Gasteiger partial charge on any atom is -0.308 e. The smallest absolute Gasteiger partial charge is 0.308 e. The van der Waals surface area contributed by atoms with Gasteiger partial charge in [-0.15, -0.1) is 0 Å². The number of alkyl halides is 8. The van der Waals surface area contributed by atoms with Gasteiger partial charge in [-0.25, -0.2) is 10.8 Å². The summed E-state index contributed by atoms with van der Waals surface area (Å²) in [6.07, 6.45) is -11.6. The van der Waals surface area contributed by atoms with Gasteiger partial charge in [0.15, 0.2) is 0 Å². The highest BCUT2D eigenvalue weighted by molar-refractivity contribution is 5.40. The van der Waals surface area contributed by atoms with Gasteiger partial charge in [0.05, 0.1) is 5.56 Å². The first-order chi connectivity index (χ1) is 8.41. The number of nitrogen functional groups attached to an aromatic ring is 1. The van der Waals surface area contributed by atoms with Crippen molar-refractivity contribution in [3.05, 3.63) is 23.4 Å². The van der Waals surface area contributed by atoms with E-state index < -0.39 is 35.4 Å². The summed E-state index contributed by atoms with van der Waals surface area (Å²) in [5.74, 6) is -1.81. The lowest BCUT2D eigenvalue weighted by Gasteiger charge is -2.22. The SMILES string of the molecule is NNc1ccc(C(F)(F)F)c(C(F)(F)C(F)(F)F)n1. The molecule has 0 atom stereocenters. The Balaban J connectivity index is 3.55. The lowest BCUT2D eigenvalue weighted by molar-refractivity contribution is -0.292. The predicted molar refractivity (Wildman–Crippen MR) is 47.0 cm³/mol. The molecular weight excluding hydrogens is 290 g/mol. The minimum atomic E-state index is -6.22. The van der Waals surface area contributed by atoms with E-state index in [4.69, 9.17) is 5.84 Å². The number of halogens is 8. The molecule has 1 aromatic heterocycles. The molecule has 0 saturated carbocycles. The third-order valence-corrected chi connectivity index (χ3v) is 2.00. The Bertz CT molecular complexity index is 464. The average Bonchev–Trinajstić information content (AvgIpc) is 2.25. The number of hydrogen-bond donors (Lipinski definition) is 2. The van der Waals surface area contributed by atoms with Crippen molar-refractivity contribution in [2.24, 2.45) is 5.84 Å². The number of anilines is 1. The molecule has 0 aliphatic carbocycles. The topological polar surface area (TPSA) is 50.9 Å². The molecular formula is C8H5F8N3. The molecule has 0 unspecified atom stereocenters. The zero-order valence-electron chi connectivity index (χ0n) is 8.70. The number of hydrazine groups is 1. The van der Waals surface area contributed by atoms with Gasteiger partial charge in [-0.1, -0.05) is 0 Å². The summed E-state index contributed by atoms with van der Waals surface area (Å²) >= 11 is 0. The second kappa shape index (κ2) is 4.47. The van der Waals surface area contributed by atoms with E-state index >= 15 is 0 Å². The largest absolute Gasteiger partial charge is 0.459 e. The van der Waals surface area contributed by atoms with Crippen LogP contribution in [0.3, 0.4) is 0 Å². The van der Waals surface area contributed by atoms with E-state index in [0.717, 1.165) is 0 Å². The summed E-state index contributed by atoms with van der Waals surface area (Å²) in [6.45, 7) is 0. The van der Waals surface area contributed by atoms with E-state index in [2.05, 4.69) is 4.98 Å². The summed E-state index contributed by atoms with van der Waals surface area (Å²) in [6, 6.07) is 0.565. The molecule has 1 aromatic rings. The molecule has 11 heteroatoms. The summed E-state index contributed by atoms with van der Waals surface area (Å²) in [5, 5.41) is 0. The van der Waals surface area contributed by atoms with E-state index in [1.807, 2.05) is 0 Å². The standard InChI is InChI=1S/C8H5F8N3/c9-6(10,8(14,15)16)5-3(7(11,12)13)1-2-4(18-5)19-17/h1-2H,17H2,(H,18,19). The molecule has 0 spiro atoms. The summed E-state index contributed by atoms with van der Waals surface area (Å²) < 4.78 is 99.6. The molecule has 0 saturated heterocycles. The molecule has 3 N–H and O–H groups in total. The number of hydrogen-bond acceptors (Lipinski definition) is 3. The van der Waals surface area contributed by atoms with Crippen molar-refractivity contribution >= 4 is 5.82 Å². The van der Waals surface area contributed by atoms with Crippen LogP contribution in [0, 0.1) is 0 Å². The Morgan fingerprint density at radius 3 is 1.84 bits per heavy atom. The van der Waals surface area contributed by atoms with Gasteiger partial charge in [-0.3, -0.25) is 0 Å². The Kier molecular flexibility index (Phi) is 3.63. The Hall–Kier alpha value is -1.65. The third-order valence-electron chi connectivity index (χ3n) is 2.00. The fourth-order valence-electron chi connectivity index (χ4n) is 1.14. The highest BCUT2D eigenvalue weighted by atomic mass is 19.4. The molecule has 0 bridgehead atoms. The maximum absolute atomic E-state index is 13.0. The minimum absolute atomic E-state index is 0.0389. The van der Waals surface area contributed by atoms with Gasteiger partial charge in [0.1, 0.15) is 11.5 Å². The molecule has 19 heavy (non-hydrogen) atoms. The third kappa shape index (κ3) is 2.85. The van der Waals surface area contributed by atoms with Crippen LogP contribution in [0.25, 0.3) is 0 Å². The van der Waals surface area contributed by atoms with E-state index in [1.54, 1.807) is 5.43 Å². The van der Waals surface area contributed by atoms with E-state index in [1.165, 1.54) is 0 Å². The monoisotopic (exact) mass is 295 g/mol. The van der Waals surface area contributed by atoms with Gasteiger partial charge in [0.25, 0.3) is 0 Å². The molecule has 3 nitrogen and oxygen atoms in total. The van der Waals surface area contributed by atoms with Crippen molar-refractivity contribution in [2.75, 3.05) is 5.43 Å². The zero-order valence-corrected chi connectivity index (χ0v) is 8.70. The number of nitrogens with two attached hydrogens (primary N) is 1. The van der Waals surface area contributed by atoms with Crippen LogP contribution in [0.5, 0.6) is 0 Å². The fourth-order valence-corrected chi connectivity index (χ4v) is 1.14. The second-order valence-electron chi connectivity index (χ2n) is 3.31. The molecule has 0 aliphatic rings. The lowest BCUT2D eigenvalue weighted by atomic mass is 10.1. The molecule has 1 heterocycles. The fraction of sp³-hybridized carbons (Fsp3) is 0.375. The van der Waals surface area contributed by atoms with Crippen LogP contribution < -0.4 is 11.3 Å². The maximum Gasteiger partial charge on any atom is 0.459 e. The van der Waals surface area contributed by atoms with Gasteiger partial charge in [-0.2, -0.15) is 35.1 Å². The van der Waals surface area contributed by atoms with Crippen LogP contribution in [0.1, 0.15) is 11.3 Å². The predicted octanol–water partition coefficient (Wildman–Crippen LogP) is 3.04. The van der Waals surface area contributed by atoms with Crippen molar-refractivity contribution < 1.29 is 35.1 Å². The number of pyridine rings is 1. The van der Waals surface area contributed by atoms with Gasteiger partial charge in [-0.05, 0) is 12.1 Å². The van der Waals surface area contributed by atoms with Gasteiger partial charge in [0, 0.05) is 0 Å².